The van der Waals surface area contributed by atoms with Gasteiger partial charge in [-0.25, -0.2) is 13.4 Å². The lowest BCUT2D eigenvalue weighted by Gasteiger charge is -2.34. The number of thiophene rings is 1. The molecule has 0 spiro atoms. The number of aromatic nitrogens is 2. The predicted molar refractivity (Wildman–Crippen MR) is 114 cm³/mol. The van der Waals surface area contributed by atoms with E-state index in [4.69, 9.17) is 0 Å². The highest BCUT2D eigenvalue weighted by atomic mass is 32.2. The van der Waals surface area contributed by atoms with Crippen molar-refractivity contribution < 1.29 is 13.2 Å². The molecule has 0 bridgehead atoms. The Morgan fingerprint density at radius 2 is 1.86 bits per heavy atom. The van der Waals surface area contributed by atoms with Crippen molar-refractivity contribution in [2.45, 2.75) is 18.8 Å². The van der Waals surface area contributed by atoms with Crippen molar-refractivity contribution in [3.63, 3.8) is 0 Å². The first-order valence-electron chi connectivity index (χ1n) is 9.53. The molecule has 0 saturated carbocycles. The molecular formula is C20H24N4O3S2. The summed E-state index contributed by atoms with van der Waals surface area (Å²) >= 11 is 1.75. The number of nitrogens with zero attached hydrogens (tertiary/aromatic N) is 4. The molecule has 29 heavy (non-hydrogen) atoms. The molecule has 0 radical (unpaired) electrons. The molecule has 0 unspecified atom stereocenters. The van der Waals surface area contributed by atoms with E-state index < -0.39 is 9.84 Å². The van der Waals surface area contributed by atoms with Gasteiger partial charge in [0.1, 0.15) is 18.1 Å². The summed E-state index contributed by atoms with van der Waals surface area (Å²) < 4.78 is 25.4. The van der Waals surface area contributed by atoms with Crippen LogP contribution in [-0.4, -0.2) is 66.1 Å². The number of rotatable bonds is 6. The number of imidazole rings is 1. The van der Waals surface area contributed by atoms with Crippen molar-refractivity contribution >= 4 is 38.1 Å². The van der Waals surface area contributed by atoms with E-state index in [0.717, 1.165) is 25.2 Å². The van der Waals surface area contributed by atoms with Crippen LogP contribution in [0.25, 0.3) is 11.0 Å². The summed E-state index contributed by atoms with van der Waals surface area (Å²) in [7, 11) is -3.25. The van der Waals surface area contributed by atoms with Gasteiger partial charge in [-0.2, -0.15) is 0 Å². The average molecular weight is 433 g/mol. The molecule has 1 amide bonds. The van der Waals surface area contributed by atoms with Gasteiger partial charge in [0, 0.05) is 43.9 Å². The molecule has 1 fully saturated rings. The standard InChI is InChI=1S/C20H24N4O3S2/c1-29(26,27)15-19-21-17-6-2-3-7-18(17)24(19)14-20(25)23-10-8-22(9-11-23)13-16-5-4-12-28-16/h2-7,12H,8-11,13-15H2,1H3. The van der Waals surface area contributed by atoms with E-state index in [1.807, 2.05) is 29.2 Å². The number of piperazine rings is 1. The molecule has 1 saturated heterocycles. The summed E-state index contributed by atoms with van der Waals surface area (Å²) in [6.07, 6.45) is 1.19. The highest BCUT2D eigenvalue weighted by Gasteiger charge is 2.24. The van der Waals surface area contributed by atoms with Crippen LogP contribution in [0, 0.1) is 0 Å². The second-order valence-electron chi connectivity index (χ2n) is 7.41. The van der Waals surface area contributed by atoms with Gasteiger partial charge in [0.25, 0.3) is 0 Å². The molecular weight excluding hydrogens is 408 g/mol. The summed E-state index contributed by atoms with van der Waals surface area (Å²) in [6, 6.07) is 11.6. The fourth-order valence-corrected chi connectivity index (χ4v) is 5.10. The van der Waals surface area contributed by atoms with E-state index in [9.17, 15) is 13.2 Å². The fourth-order valence-electron chi connectivity index (χ4n) is 3.66. The maximum atomic E-state index is 13.0. The van der Waals surface area contributed by atoms with Gasteiger partial charge in [-0.05, 0) is 23.6 Å². The number of carbonyl (C=O) groups is 1. The number of sulfone groups is 1. The van der Waals surface area contributed by atoms with Gasteiger partial charge in [0.15, 0.2) is 9.84 Å². The Hall–Kier alpha value is -2.23. The van der Waals surface area contributed by atoms with Crippen LogP contribution in [0.2, 0.25) is 0 Å². The summed E-state index contributed by atoms with van der Waals surface area (Å²) in [6.45, 7) is 4.06. The molecule has 0 N–H and O–H groups in total. The Kier molecular flexibility index (Phi) is 5.71. The van der Waals surface area contributed by atoms with Gasteiger partial charge in [-0.1, -0.05) is 18.2 Å². The molecule has 0 aliphatic carbocycles. The van der Waals surface area contributed by atoms with Crippen molar-refractivity contribution in [2.24, 2.45) is 0 Å². The van der Waals surface area contributed by atoms with E-state index >= 15 is 0 Å². The van der Waals surface area contributed by atoms with Crippen LogP contribution < -0.4 is 0 Å². The number of para-hydroxylation sites is 2. The van der Waals surface area contributed by atoms with Crippen LogP contribution in [-0.2, 0) is 33.5 Å². The Morgan fingerprint density at radius 1 is 1.10 bits per heavy atom. The van der Waals surface area contributed by atoms with Crippen molar-refractivity contribution in [1.82, 2.24) is 19.4 Å². The molecule has 1 aliphatic rings. The molecule has 3 aromatic rings. The Labute approximate surface area is 174 Å². The Balaban J connectivity index is 1.46. The first-order chi connectivity index (χ1) is 13.9. The first-order valence-corrected chi connectivity index (χ1v) is 12.5. The molecule has 7 nitrogen and oxygen atoms in total. The Bertz CT molecular complexity index is 1100. The molecule has 9 heteroatoms. The molecule has 3 heterocycles. The number of benzene rings is 1. The van der Waals surface area contributed by atoms with Crippen molar-refractivity contribution in [3.05, 3.63) is 52.5 Å². The third kappa shape index (κ3) is 4.85. The first kappa shape index (κ1) is 20.1. The van der Waals surface area contributed by atoms with Crippen molar-refractivity contribution in [1.29, 1.82) is 0 Å². The minimum absolute atomic E-state index is 0.00122. The minimum atomic E-state index is -3.25. The molecule has 0 atom stereocenters. The summed E-state index contributed by atoms with van der Waals surface area (Å²) in [5.41, 5.74) is 1.50. The average Bonchev–Trinajstić information content (AvgIpc) is 3.29. The number of fused-ring (bicyclic) bond motifs is 1. The lowest BCUT2D eigenvalue weighted by Crippen LogP contribution is -2.49. The van der Waals surface area contributed by atoms with Crippen LogP contribution in [0.15, 0.2) is 41.8 Å². The lowest BCUT2D eigenvalue weighted by molar-refractivity contribution is -0.133. The molecule has 2 aromatic heterocycles. The lowest BCUT2D eigenvalue weighted by atomic mass is 10.3. The zero-order valence-corrected chi connectivity index (χ0v) is 18.0. The SMILES string of the molecule is CS(=O)(=O)Cc1nc2ccccc2n1CC(=O)N1CCN(Cc2cccs2)CC1. The zero-order chi connectivity index (χ0) is 20.4. The monoisotopic (exact) mass is 432 g/mol. The predicted octanol–water partition coefficient (Wildman–Crippen LogP) is 1.99. The van der Waals surface area contributed by atoms with Crippen LogP contribution in [0.5, 0.6) is 0 Å². The van der Waals surface area contributed by atoms with E-state index in [1.54, 1.807) is 15.9 Å². The van der Waals surface area contributed by atoms with Gasteiger partial charge in [-0.15, -0.1) is 11.3 Å². The summed E-state index contributed by atoms with van der Waals surface area (Å²) in [4.78, 5) is 23.0. The largest absolute Gasteiger partial charge is 0.339 e. The highest BCUT2D eigenvalue weighted by molar-refractivity contribution is 7.89. The Morgan fingerprint density at radius 3 is 2.55 bits per heavy atom. The van der Waals surface area contributed by atoms with E-state index in [-0.39, 0.29) is 18.2 Å². The van der Waals surface area contributed by atoms with E-state index in [1.165, 1.54) is 11.1 Å². The van der Waals surface area contributed by atoms with Crippen LogP contribution >= 0.6 is 11.3 Å². The van der Waals surface area contributed by atoms with Crippen molar-refractivity contribution in [3.8, 4) is 0 Å². The summed E-state index contributed by atoms with van der Waals surface area (Å²) in [5, 5.41) is 2.08. The zero-order valence-electron chi connectivity index (χ0n) is 16.3. The second kappa shape index (κ2) is 8.25. The normalized spacial score (nSPS) is 15.8. The minimum Gasteiger partial charge on any atom is -0.339 e. The van der Waals surface area contributed by atoms with E-state index in [2.05, 4.69) is 27.4 Å². The second-order valence-corrected chi connectivity index (χ2v) is 10.6. The van der Waals surface area contributed by atoms with Crippen LogP contribution in [0.3, 0.4) is 0 Å². The fraction of sp³-hybridized carbons (Fsp3) is 0.400. The topological polar surface area (TPSA) is 75.5 Å². The van der Waals surface area contributed by atoms with Gasteiger partial charge in [0.05, 0.1) is 11.0 Å². The smallest absolute Gasteiger partial charge is 0.242 e. The molecule has 1 aliphatic heterocycles. The number of hydrogen-bond donors (Lipinski definition) is 0. The number of hydrogen-bond acceptors (Lipinski definition) is 6. The van der Waals surface area contributed by atoms with E-state index in [0.29, 0.717) is 24.4 Å². The van der Waals surface area contributed by atoms with Crippen LogP contribution in [0.1, 0.15) is 10.7 Å². The van der Waals surface area contributed by atoms with Crippen LogP contribution in [0.4, 0.5) is 0 Å². The molecule has 154 valence electrons. The number of amides is 1. The van der Waals surface area contributed by atoms with Crippen molar-refractivity contribution in [2.75, 3.05) is 32.4 Å². The highest BCUT2D eigenvalue weighted by Crippen LogP contribution is 2.19. The third-order valence-electron chi connectivity index (χ3n) is 5.10. The van der Waals surface area contributed by atoms with Gasteiger partial charge in [0.2, 0.25) is 5.91 Å². The van der Waals surface area contributed by atoms with Gasteiger partial charge >= 0.3 is 0 Å². The van der Waals surface area contributed by atoms with Gasteiger partial charge < -0.3 is 9.47 Å². The summed E-state index contributed by atoms with van der Waals surface area (Å²) in [5.74, 6) is 0.237. The number of carbonyl (C=O) groups excluding carboxylic acids is 1. The molecule has 1 aromatic carbocycles. The van der Waals surface area contributed by atoms with Gasteiger partial charge in [-0.3, -0.25) is 9.69 Å². The third-order valence-corrected chi connectivity index (χ3v) is 6.75. The maximum absolute atomic E-state index is 13.0. The molecule has 4 rings (SSSR count). The quantitative estimate of drug-likeness (QED) is 0.595. The maximum Gasteiger partial charge on any atom is 0.242 e.